The summed E-state index contributed by atoms with van der Waals surface area (Å²) in [6, 6.07) is 0. The average molecular weight is 280 g/mol. The summed E-state index contributed by atoms with van der Waals surface area (Å²) < 4.78 is 8.13. The van der Waals surface area contributed by atoms with E-state index in [0.29, 0.717) is 0 Å². The van der Waals surface area contributed by atoms with E-state index in [9.17, 15) is 0 Å². The molecule has 0 aromatic carbocycles. The Balaban J connectivity index is 2.47. The lowest BCUT2D eigenvalue weighted by Gasteiger charge is -2.36. The normalized spacial score (nSPS) is 13.9. The number of imidazole rings is 1. The molecule has 0 saturated carbocycles. The lowest BCUT2D eigenvalue weighted by Crippen LogP contribution is -2.40. The average Bonchev–Trinajstić information content (AvgIpc) is 2.69. The number of hydrogen-bond acceptors (Lipinski definition) is 2. The highest BCUT2D eigenvalue weighted by Crippen LogP contribution is 2.36. The van der Waals surface area contributed by atoms with Gasteiger partial charge in [0.15, 0.2) is 8.32 Å². The van der Waals surface area contributed by atoms with Gasteiger partial charge in [-0.25, -0.2) is 4.98 Å². The number of nitrogens with zero attached hydrogens (tertiary/aromatic N) is 2. The van der Waals surface area contributed by atoms with E-state index in [1.165, 1.54) is 5.57 Å². The third-order valence-electron chi connectivity index (χ3n) is 3.95. The van der Waals surface area contributed by atoms with Gasteiger partial charge in [-0.05, 0) is 37.0 Å². The molecule has 0 atom stereocenters. The Hall–Kier alpha value is -0.873. The molecule has 0 spiro atoms. The Morgan fingerprint density at radius 2 is 2.05 bits per heavy atom. The van der Waals surface area contributed by atoms with E-state index >= 15 is 0 Å². The Morgan fingerprint density at radius 3 is 2.53 bits per heavy atom. The van der Waals surface area contributed by atoms with Crippen molar-refractivity contribution in [1.82, 2.24) is 9.55 Å². The van der Waals surface area contributed by atoms with Gasteiger partial charge in [0.2, 0.25) is 0 Å². The van der Waals surface area contributed by atoms with Crippen molar-refractivity contribution in [3.05, 3.63) is 24.3 Å². The minimum Gasteiger partial charge on any atom is -0.417 e. The molecule has 1 heterocycles. The van der Waals surface area contributed by atoms with Gasteiger partial charge in [-0.3, -0.25) is 0 Å². The summed E-state index contributed by atoms with van der Waals surface area (Å²) in [4.78, 5) is 4.34. The van der Waals surface area contributed by atoms with Crippen LogP contribution in [-0.4, -0.2) is 24.5 Å². The minimum absolute atomic E-state index is 0.284. The van der Waals surface area contributed by atoms with Gasteiger partial charge in [0.25, 0.3) is 0 Å². The van der Waals surface area contributed by atoms with Gasteiger partial charge in [0, 0.05) is 19.9 Å². The monoisotopic (exact) mass is 280 g/mol. The third-order valence-corrected chi connectivity index (χ3v) is 8.48. The van der Waals surface area contributed by atoms with Crippen molar-refractivity contribution >= 4 is 13.9 Å². The van der Waals surface area contributed by atoms with Crippen molar-refractivity contribution in [2.24, 2.45) is 7.05 Å². The van der Waals surface area contributed by atoms with Gasteiger partial charge >= 0.3 is 0 Å². The summed E-state index contributed by atoms with van der Waals surface area (Å²) in [6.45, 7) is 14.3. The fourth-order valence-electron chi connectivity index (χ4n) is 1.53. The van der Waals surface area contributed by atoms with Crippen LogP contribution in [0.1, 0.15) is 39.8 Å². The largest absolute Gasteiger partial charge is 0.417 e. The maximum absolute atomic E-state index is 6.15. The standard InChI is InChI=1S/C15H28N2OSi/c1-13(14-11-17(5)12-16-14)9-8-10-18-19(6,7)15(2,3)4/h9,11-12H,8,10H2,1-7H3/b13-9+. The third kappa shape index (κ3) is 4.62. The number of hydrogen-bond donors (Lipinski definition) is 0. The van der Waals surface area contributed by atoms with Crippen LogP contribution >= 0.6 is 0 Å². The van der Waals surface area contributed by atoms with Crippen LogP contribution < -0.4 is 0 Å². The van der Waals surface area contributed by atoms with Crippen molar-refractivity contribution < 1.29 is 4.43 Å². The highest BCUT2D eigenvalue weighted by atomic mass is 28.4. The van der Waals surface area contributed by atoms with Gasteiger partial charge in [0.05, 0.1) is 12.0 Å². The fourth-order valence-corrected chi connectivity index (χ4v) is 2.59. The second-order valence-corrected chi connectivity index (χ2v) is 11.5. The summed E-state index contributed by atoms with van der Waals surface area (Å²) in [5, 5.41) is 0.284. The molecule has 1 rings (SSSR count). The van der Waals surface area contributed by atoms with Gasteiger partial charge in [0.1, 0.15) is 0 Å². The first kappa shape index (κ1) is 16.2. The van der Waals surface area contributed by atoms with Gasteiger partial charge in [-0.1, -0.05) is 26.8 Å². The SMILES string of the molecule is C/C(=C\CCO[Si](C)(C)C(C)(C)C)c1cn(C)cn1. The van der Waals surface area contributed by atoms with E-state index in [-0.39, 0.29) is 5.04 Å². The first-order valence-electron chi connectivity index (χ1n) is 6.92. The molecule has 0 fully saturated rings. The van der Waals surface area contributed by atoms with Crippen molar-refractivity contribution in [2.45, 2.75) is 52.2 Å². The van der Waals surface area contributed by atoms with Gasteiger partial charge < -0.3 is 8.99 Å². The second kappa shape index (κ2) is 6.05. The van der Waals surface area contributed by atoms with Gasteiger partial charge in [-0.2, -0.15) is 0 Å². The predicted molar refractivity (Wildman–Crippen MR) is 84.6 cm³/mol. The predicted octanol–water partition coefficient (Wildman–Crippen LogP) is 4.24. The molecule has 4 heteroatoms. The summed E-state index contributed by atoms with van der Waals surface area (Å²) >= 11 is 0. The van der Waals surface area contributed by atoms with E-state index in [0.717, 1.165) is 18.7 Å². The van der Waals surface area contributed by atoms with Crippen LogP contribution in [0.2, 0.25) is 18.1 Å². The maximum atomic E-state index is 6.15. The van der Waals surface area contributed by atoms with E-state index in [4.69, 9.17) is 4.43 Å². The van der Waals surface area contributed by atoms with Crippen LogP contribution in [0.3, 0.4) is 0 Å². The molecule has 1 aromatic rings. The molecule has 19 heavy (non-hydrogen) atoms. The zero-order valence-corrected chi connectivity index (χ0v) is 14.4. The molecule has 0 saturated heterocycles. The van der Waals surface area contributed by atoms with E-state index in [1.807, 2.05) is 24.1 Å². The number of rotatable bonds is 5. The van der Waals surface area contributed by atoms with Gasteiger partial charge in [-0.15, -0.1) is 0 Å². The molecule has 0 amide bonds. The molecule has 0 aliphatic carbocycles. The molecule has 0 N–H and O–H groups in total. The van der Waals surface area contributed by atoms with E-state index < -0.39 is 8.32 Å². The molecule has 3 nitrogen and oxygen atoms in total. The molecule has 0 bridgehead atoms. The molecule has 0 aliphatic rings. The number of aromatic nitrogens is 2. The highest BCUT2D eigenvalue weighted by molar-refractivity contribution is 6.74. The summed E-state index contributed by atoms with van der Waals surface area (Å²) in [5.74, 6) is 0. The van der Waals surface area contributed by atoms with Crippen LogP contribution in [0, 0.1) is 0 Å². The lowest BCUT2D eigenvalue weighted by molar-refractivity contribution is 0.294. The van der Waals surface area contributed by atoms with Crippen molar-refractivity contribution in [3.8, 4) is 0 Å². The van der Waals surface area contributed by atoms with Crippen molar-refractivity contribution in [2.75, 3.05) is 6.61 Å². The zero-order chi connectivity index (χ0) is 14.7. The molecular formula is C15H28N2OSi. The highest BCUT2D eigenvalue weighted by Gasteiger charge is 2.36. The zero-order valence-electron chi connectivity index (χ0n) is 13.4. The van der Waals surface area contributed by atoms with E-state index in [1.54, 1.807) is 0 Å². The minimum atomic E-state index is -1.60. The summed E-state index contributed by atoms with van der Waals surface area (Å²) in [6.07, 6.45) is 7.05. The Bertz CT molecular complexity index is 441. The second-order valence-electron chi connectivity index (χ2n) is 6.71. The number of allylic oxidation sites excluding steroid dienone is 1. The Labute approximate surface area is 118 Å². The quantitative estimate of drug-likeness (QED) is 0.596. The van der Waals surface area contributed by atoms with Crippen LogP contribution in [-0.2, 0) is 11.5 Å². The number of aryl methyl sites for hydroxylation is 1. The first-order chi connectivity index (χ1) is 8.63. The summed E-state index contributed by atoms with van der Waals surface area (Å²) in [5.41, 5.74) is 2.27. The lowest BCUT2D eigenvalue weighted by atomic mass is 10.2. The Kier molecular flexibility index (Phi) is 5.16. The smallest absolute Gasteiger partial charge is 0.191 e. The molecular weight excluding hydrogens is 252 g/mol. The van der Waals surface area contributed by atoms with Crippen LogP contribution in [0.15, 0.2) is 18.6 Å². The molecule has 0 unspecified atom stereocenters. The molecule has 0 aliphatic heterocycles. The molecule has 1 aromatic heterocycles. The van der Waals surface area contributed by atoms with Crippen molar-refractivity contribution in [3.63, 3.8) is 0 Å². The molecule has 108 valence electrons. The van der Waals surface area contributed by atoms with Crippen LogP contribution in [0.5, 0.6) is 0 Å². The Morgan fingerprint density at radius 1 is 1.42 bits per heavy atom. The summed E-state index contributed by atoms with van der Waals surface area (Å²) in [7, 11) is 0.389. The first-order valence-corrected chi connectivity index (χ1v) is 9.83. The topological polar surface area (TPSA) is 27.1 Å². The van der Waals surface area contributed by atoms with Crippen LogP contribution in [0.25, 0.3) is 5.57 Å². The van der Waals surface area contributed by atoms with Crippen LogP contribution in [0.4, 0.5) is 0 Å². The van der Waals surface area contributed by atoms with Crippen molar-refractivity contribution in [1.29, 1.82) is 0 Å². The fraction of sp³-hybridized carbons (Fsp3) is 0.667. The molecule has 0 radical (unpaired) electrons. The van der Waals surface area contributed by atoms with E-state index in [2.05, 4.69) is 51.8 Å². The maximum Gasteiger partial charge on any atom is 0.191 e.